The third-order valence-electron chi connectivity index (χ3n) is 2.48. The molecule has 0 unspecified atom stereocenters. The van der Waals surface area contributed by atoms with E-state index in [0.717, 1.165) is 5.56 Å². The molecule has 0 heterocycles. The van der Waals surface area contributed by atoms with Gasteiger partial charge in [-0.3, -0.25) is 14.9 Å². The molecule has 0 aromatic heterocycles. The van der Waals surface area contributed by atoms with Crippen molar-refractivity contribution in [3.05, 3.63) is 35.9 Å². The Balaban J connectivity index is 0.00000324. The summed E-state index contributed by atoms with van der Waals surface area (Å²) in [6.07, 6.45) is -0.0456. The van der Waals surface area contributed by atoms with Crippen LogP contribution in [0.25, 0.3) is 0 Å². The van der Waals surface area contributed by atoms with Gasteiger partial charge >= 0.3 is 11.9 Å². The van der Waals surface area contributed by atoms with E-state index in [1.54, 1.807) is 0 Å². The summed E-state index contributed by atoms with van der Waals surface area (Å²) in [4.78, 5) is 22.7. The van der Waals surface area contributed by atoms with E-state index in [4.69, 9.17) is 0 Å². The smallest absolute Gasteiger partial charge is 0.323 e. The number of ether oxygens (including phenoxy) is 2. The van der Waals surface area contributed by atoms with Crippen LogP contribution in [0.3, 0.4) is 0 Å². The van der Waals surface area contributed by atoms with Crippen molar-refractivity contribution in [3.63, 3.8) is 0 Å². The van der Waals surface area contributed by atoms with Crippen LogP contribution in [0.5, 0.6) is 0 Å². The van der Waals surface area contributed by atoms with E-state index >= 15 is 0 Å². The molecule has 0 spiro atoms. The second kappa shape index (κ2) is 9.35. The van der Waals surface area contributed by atoms with Gasteiger partial charge in [-0.1, -0.05) is 30.3 Å². The summed E-state index contributed by atoms with van der Waals surface area (Å²) in [6.45, 7) is 0.484. The van der Waals surface area contributed by atoms with E-state index in [-0.39, 0.29) is 18.8 Å². The maximum atomic E-state index is 11.5. The van der Waals surface area contributed by atoms with E-state index in [1.165, 1.54) is 14.2 Å². The van der Waals surface area contributed by atoms with Gasteiger partial charge in [-0.25, -0.2) is 0 Å². The molecule has 1 aromatic carbocycles. The predicted molar refractivity (Wildman–Crippen MR) is 73.0 cm³/mol. The zero-order chi connectivity index (χ0) is 13.4. The predicted octanol–water partition coefficient (Wildman–Crippen LogP) is 1.30. The SMILES string of the molecule is COC(=O)C[C@H](NCc1ccccc1)C(=O)OC.Cl. The van der Waals surface area contributed by atoms with Gasteiger partial charge in [0.05, 0.1) is 20.6 Å². The van der Waals surface area contributed by atoms with Crippen molar-refractivity contribution in [2.45, 2.75) is 19.0 Å². The Kier molecular flexibility index (Phi) is 8.57. The molecule has 1 rings (SSSR count). The van der Waals surface area contributed by atoms with Crippen molar-refractivity contribution in [2.24, 2.45) is 0 Å². The summed E-state index contributed by atoms with van der Waals surface area (Å²) in [5.41, 5.74) is 1.02. The molecule has 0 amide bonds. The van der Waals surface area contributed by atoms with Gasteiger partial charge in [-0.15, -0.1) is 12.4 Å². The van der Waals surface area contributed by atoms with Gasteiger partial charge in [0, 0.05) is 6.54 Å². The van der Waals surface area contributed by atoms with Crippen molar-refractivity contribution in [1.29, 1.82) is 0 Å². The van der Waals surface area contributed by atoms with Crippen LogP contribution in [0, 0.1) is 0 Å². The van der Waals surface area contributed by atoms with E-state index in [2.05, 4.69) is 14.8 Å². The molecule has 0 saturated carbocycles. The van der Waals surface area contributed by atoms with Crippen LogP contribution in [-0.2, 0) is 25.6 Å². The summed E-state index contributed by atoms with van der Waals surface area (Å²) in [7, 11) is 2.57. The molecule has 19 heavy (non-hydrogen) atoms. The number of esters is 2. The minimum atomic E-state index is -0.692. The standard InChI is InChI=1S/C13H17NO4.ClH/c1-17-12(15)8-11(13(16)18-2)14-9-10-6-4-3-5-7-10;/h3-7,11,14H,8-9H2,1-2H3;1H/t11-;/m0./s1. The molecule has 0 fully saturated rings. The van der Waals surface area contributed by atoms with Crippen LogP contribution in [0.1, 0.15) is 12.0 Å². The van der Waals surface area contributed by atoms with E-state index in [9.17, 15) is 9.59 Å². The first-order valence-corrected chi connectivity index (χ1v) is 5.59. The monoisotopic (exact) mass is 287 g/mol. The maximum Gasteiger partial charge on any atom is 0.323 e. The van der Waals surface area contributed by atoms with E-state index in [0.29, 0.717) is 6.54 Å². The van der Waals surface area contributed by atoms with Crippen molar-refractivity contribution in [1.82, 2.24) is 5.32 Å². The van der Waals surface area contributed by atoms with Crippen LogP contribution in [0.2, 0.25) is 0 Å². The molecule has 1 atom stereocenters. The number of hydrogen-bond acceptors (Lipinski definition) is 5. The molecule has 6 heteroatoms. The van der Waals surface area contributed by atoms with Crippen molar-refractivity contribution in [2.75, 3.05) is 14.2 Å². The normalized spacial score (nSPS) is 11.1. The van der Waals surface area contributed by atoms with Gasteiger partial charge < -0.3 is 9.47 Å². The molecule has 5 nitrogen and oxygen atoms in total. The zero-order valence-electron chi connectivity index (χ0n) is 10.9. The van der Waals surface area contributed by atoms with Crippen LogP contribution in [0.15, 0.2) is 30.3 Å². The van der Waals surface area contributed by atoms with Crippen LogP contribution in [0.4, 0.5) is 0 Å². The molecular weight excluding hydrogens is 270 g/mol. The molecule has 0 radical (unpaired) electrons. The Morgan fingerprint density at radius 1 is 1.16 bits per heavy atom. The van der Waals surface area contributed by atoms with Gasteiger partial charge in [-0.05, 0) is 5.56 Å². The largest absolute Gasteiger partial charge is 0.469 e. The fourth-order valence-corrected chi connectivity index (χ4v) is 1.47. The molecule has 0 aliphatic heterocycles. The fraction of sp³-hybridized carbons (Fsp3) is 0.385. The fourth-order valence-electron chi connectivity index (χ4n) is 1.47. The summed E-state index contributed by atoms with van der Waals surface area (Å²) >= 11 is 0. The van der Waals surface area contributed by atoms with Gasteiger partial charge in [0.1, 0.15) is 6.04 Å². The van der Waals surface area contributed by atoms with Crippen LogP contribution in [-0.4, -0.2) is 32.2 Å². The summed E-state index contributed by atoms with van der Waals surface area (Å²) < 4.78 is 9.18. The number of methoxy groups -OCH3 is 2. The number of carbonyl (C=O) groups is 2. The highest BCUT2D eigenvalue weighted by atomic mass is 35.5. The number of hydrogen-bond donors (Lipinski definition) is 1. The first-order valence-electron chi connectivity index (χ1n) is 5.59. The highest BCUT2D eigenvalue weighted by Gasteiger charge is 2.22. The van der Waals surface area contributed by atoms with Gasteiger partial charge in [0.25, 0.3) is 0 Å². The highest BCUT2D eigenvalue weighted by molar-refractivity contribution is 5.85. The minimum absolute atomic E-state index is 0. The summed E-state index contributed by atoms with van der Waals surface area (Å²) in [5, 5.41) is 2.98. The number of carbonyl (C=O) groups excluding carboxylic acids is 2. The van der Waals surface area contributed by atoms with Gasteiger partial charge in [0.2, 0.25) is 0 Å². The van der Waals surface area contributed by atoms with Crippen LogP contribution >= 0.6 is 12.4 Å². The Labute approximate surface area is 118 Å². The lowest BCUT2D eigenvalue weighted by Gasteiger charge is -2.15. The van der Waals surface area contributed by atoms with Crippen LogP contribution < -0.4 is 5.32 Å². The Bertz CT molecular complexity index is 397. The van der Waals surface area contributed by atoms with Crippen molar-refractivity contribution >= 4 is 24.3 Å². The number of benzene rings is 1. The minimum Gasteiger partial charge on any atom is -0.469 e. The summed E-state index contributed by atoms with van der Waals surface area (Å²) in [5.74, 6) is -0.928. The average Bonchev–Trinajstić information content (AvgIpc) is 2.43. The number of nitrogens with one attached hydrogen (secondary N) is 1. The van der Waals surface area contributed by atoms with Gasteiger partial charge in [-0.2, -0.15) is 0 Å². The van der Waals surface area contributed by atoms with E-state index < -0.39 is 18.0 Å². The molecule has 1 N–H and O–H groups in total. The zero-order valence-corrected chi connectivity index (χ0v) is 11.7. The summed E-state index contributed by atoms with van der Waals surface area (Å²) in [6, 6.07) is 8.89. The molecule has 0 bridgehead atoms. The van der Waals surface area contributed by atoms with E-state index in [1.807, 2.05) is 30.3 Å². The first-order chi connectivity index (χ1) is 8.67. The Morgan fingerprint density at radius 2 is 1.79 bits per heavy atom. The third-order valence-corrected chi connectivity index (χ3v) is 2.48. The molecule has 0 aliphatic rings. The lowest BCUT2D eigenvalue weighted by molar-refractivity contribution is -0.149. The second-order valence-electron chi connectivity index (χ2n) is 3.72. The quantitative estimate of drug-likeness (QED) is 0.799. The molecule has 0 aliphatic carbocycles. The Hall–Kier alpha value is -1.59. The maximum absolute atomic E-state index is 11.5. The third kappa shape index (κ3) is 6.22. The Morgan fingerprint density at radius 3 is 2.32 bits per heavy atom. The van der Waals surface area contributed by atoms with Crippen molar-refractivity contribution in [3.8, 4) is 0 Å². The topological polar surface area (TPSA) is 64.6 Å². The second-order valence-corrected chi connectivity index (χ2v) is 3.72. The molecule has 106 valence electrons. The van der Waals surface area contributed by atoms with Gasteiger partial charge in [0.15, 0.2) is 0 Å². The molecule has 0 saturated heterocycles. The number of halogens is 1. The highest BCUT2D eigenvalue weighted by Crippen LogP contribution is 2.02. The van der Waals surface area contributed by atoms with Crippen molar-refractivity contribution < 1.29 is 19.1 Å². The first kappa shape index (κ1) is 17.4. The lowest BCUT2D eigenvalue weighted by Crippen LogP contribution is -2.39. The molecular formula is C13H18ClNO4. The number of rotatable bonds is 6. The molecule has 1 aromatic rings. The average molecular weight is 288 g/mol. The lowest BCUT2D eigenvalue weighted by atomic mass is 10.1.